The van der Waals surface area contributed by atoms with Gasteiger partial charge in [0.05, 0.1) is 19.3 Å². The van der Waals surface area contributed by atoms with Crippen LogP contribution < -0.4 is 5.32 Å². The molecule has 0 aliphatic carbocycles. The van der Waals surface area contributed by atoms with Gasteiger partial charge in [0.2, 0.25) is 0 Å². The molecule has 194 valence electrons. The monoisotopic (exact) mass is 476 g/mol. The topological polar surface area (TPSA) is 69.7 Å². The van der Waals surface area contributed by atoms with E-state index in [0.29, 0.717) is 18.2 Å². The Hall–Kier alpha value is -1.66. The van der Waals surface area contributed by atoms with Gasteiger partial charge in [-0.25, -0.2) is 4.79 Å². The van der Waals surface area contributed by atoms with Gasteiger partial charge in [-0.05, 0) is 25.0 Å². The summed E-state index contributed by atoms with van der Waals surface area (Å²) in [5, 5.41) is 2.68. The van der Waals surface area contributed by atoms with E-state index in [2.05, 4.69) is 17.2 Å². The van der Waals surface area contributed by atoms with Crippen molar-refractivity contribution in [3.63, 3.8) is 0 Å². The van der Waals surface area contributed by atoms with E-state index in [-0.39, 0.29) is 12.7 Å². The molecule has 1 aromatic heterocycles. The molecule has 34 heavy (non-hydrogen) atoms. The van der Waals surface area contributed by atoms with Gasteiger partial charge in [0, 0.05) is 30.6 Å². The molecule has 0 bridgehead atoms. The lowest BCUT2D eigenvalue weighted by atomic mass is 10.0. The fourth-order valence-corrected chi connectivity index (χ4v) is 4.42. The first-order valence-corrected chi connectivity index (χ1v) is 13.8. The molecule has 2 atom stereocenters. The normalized spacial score (nSPS) is 17.7. The quantitative estimate of drug-likeness (QED) is 0.197. The maximum atomic E-state index is 11.9. The van der Waals surface area contributed by atoms with E-state index in [1.807, 2.05) is 0 Å². The van der Waals surface area contributed by atoms with Gasteiger partial charge in [0.15, 0.2) is 0 Å². The highest BCUT2D eigenvalue weighted by Crippen LogP contribution is 2.21. The predicted octanol–water partition coefficient (Wildman–Crippen LogP) is 7.53. The molecule has 2 rings (SSSR count). The summed E-state index contributed by atoms with van der Waals surface area (Å²) in [6.45, 7) is 4.80. The van der Waals surface area contributed by atoms with Gasteiger partial charge in [0.1, 0.15) is 6.61 Å². The number of amides is 1. The van der Waals surface area contributed by atoms with Crippen LogP contribution in [0.3, 0.4) is 0 Å². The average Bonchev–Trinajstić information content (AvgIpc) is 3.31. The Morgan fingerprint density at radius 3 is 2.12 bits per heavy atom. The highest BCUT2D eigenvalue weighted by Gasteiger charge is 2.26. The second-order valence-electron chi connectivity index (χ2n) is 9.69. The molecule has 2 unspecified atom stereocenters. The third-order valence-electron chi connectivity index (χ3n) is 6.49. The summed E-state index contributed by atoms with van der Waals surface area (Å²) in [6, 6.07) is 3.44. The minimum atomic E-state index is -0.465. The number of nitrogens with one attached hydrogen (secondary N) is 1. The Balaban J connectivity index is 1.32. The molecule has 1 saturated heterocycles. The molecule has 2 heterocycles. The second-order valence-corrected chi connectivity index (χ2v) is 9.69. The highest BCUT2D eigenvalue weighted by molar-refractivity contribution is 5.84. The summed E-state index contributed by atoms with van der Waals surface area (Å²) in [5.41, 5.74) is 0.669. The summed E-state index contributed by atoms with van der Waals surface area (Å²) in [4.78, 5) is 15.8. The van der Waals surface area contributed by atoms with E-state index in [0.717, 1.165) is 26.1 Å². The summed E-state index contributed by atoms with van der Waals surface area (Å²) in [7, 11) is 0. The number of pyridine rings is 1. The Bertz CT molecular complexity index is 614. The van der Waals surface area contributed by atoms with Crippen molar-refractivity contribution in [2.75, 3.05) is 31.7 Å². The summed E-state index contributed by atoms with van der Waals surface area (Å²) in [6.07, 6.45) is 22.8. The van der Waals surface area contributed by atoms with E-state index >= 15 is 0 Å². The molecule has 1 N–H and O–H groups in total. The lowest BCUT2D eigenvalue weighted by Crippen LogP contribution is -2.21. The standard InChI is InChI=1S/C28H48N2O4/c1-2-3-4-5-6-7-8-9-10-11-12-13-14-15-20-32-22-25-21-27(33-23-25)24-34-28(31)30-26-16-18-29-19-17-26/h16-19,25,27H,2-15,20-24H2,1H3,(H,29,30,31). The molecule has 0 saturated carbocycles. The third-order valence-corrected chi connectivity index (χ3v) is 6.49. The van der Waals surface area contributed by atoms with Crippen LogP contribution in [0.25, 0.3) is 0 Å². The molecule has 1 aliphatic rings. The fraction of sp³-hybridized carbons (Fsp3) is 0.786. The Labute approximate surface area is 207 Å². The van der Waals surface area contributed by atoms with Crippen LogP contribution in [0.5, 0.6) is 0 Å². The molecule has 0 aromatic carbocycles. The maximum absolute atomic E-state index is 11.9. The van der Waals surface area contributed by atoms with Crippen molar-refractivity contribution in [1.82, 2.24) is 4.98 Å². The van der Waals surface area contributed by atoms with Gasteiger partial charge in [-0.15, -0.1) is 0 Å². The molecule has 1 amide bonds. The Kier molecular flexibility index (Phi) is 16.5. The minimum absolute atomic E-state index is 0.0437. The van der Waals surface area contributed by atoms with Crippen LogP contribution in [0.4, 0.5) is 10.5 Å². The van der Waals surface area contributed by atoms with Crippen LogP contribution in [-0.2, 0) is 14.2 Å². The van der Waals surface area contributed by atoms with Crippen LogP contribution in [0.1, 0.15) is 103 Å². The number of nitrogens with zero attached hydrogens (tertiary/aromatic N) is 1. The maximum Gasteiger partial charge on any atom is 0.411 e. The molecule has 6 nitrogen and oxygen atoms in total. The Morgan fingerprint density at radius 2 is 1.50 bits per heavy atom. The van der Waals surface area contributed by atoms with Crippen molar-refractivity contribution in [3.8, 4) is 0 Å². The largest absolute Gasteiger partial charge is 0.447 e. The predicted molar refractivity (Wildman–Crippen MR) is 138 cm³/mol. The van der Waals surface area contributed by atoms with Crippen molar-refractivity contribution in [1.29, 1.82) is 0 Å². The smallest absolute Gasteiger partial charge is 0.411 e. The average molecular weight is 477 g/mol. The number of rotatable bonds is 20. The van der Waals surface area contributed by atoms with Gasteiger partial charge in [-0.2, -0.15) is 0 Å². The van der Waals surface area contributed by atoms with Crippen LogP contribution in [0, 0.1) is 5.92 Å². The number of hydrogen-bond acceptors (Lipinski definition) is 5. The minimum Gasteiger partial charge on any atom is -0.447 e. The lowest BCUT2D eigenvalue weighted by Gasteiger charge is -2.11. The van der Waals surface area contributed by atoms with Crippen molar-refractivity contribution in [2.24, 2.45) is 5.92 Å². The SMILES string of the molecule is CCCCCCCCCCCCCCCCOCC1COC(COC(=O)Nc2ccncc2)C1. The van der Waals surface area contributed by atoms with E-state index in [4.69, 9.17) is 14.2 Å². The van der Waals surface area contributed by atoms with E-state index in [1.54, 1.807) is 24.5 Å². The van der Waals surface area contributed by atoms with Gasteiger partial charge in [-0.3, -0.25) is 10.3 Å². The molecule has 1 fully saturated rings. The molecule has 0 spiro atoms. The van der Waals surface area contributed by atoms with Crippen molar-refractivity contribution >= 4 is 11.8 Å². The van der Waals surface area contributed by atoms with E-state index < -0.39 is 6.09 Å². The number of anilines is 1. The molecule has 6 heteroatoms. The zero-order chi connectivity index (χ0) is 24.1. The van der Waals surface area contributed by atoms with Crippen LogP contribution in [0.15, 0.2) is 24.5 Å². The number of ether oxygens (including phenoxy) is 3. The fourth-order valence-electron chi connectivity index (χ4n) is 4.42. The molecule has 1 aromatic rings. The summed E-state index contributed by atoms with van der Waals surface area (Å²) in [5.74, 6) is 0.392. The molecule has 1 aliphatic heterocycles. The van der Waals surface area contributed by atoms with Gasteiger partial charge >= 0.3 is 6.09 Å². The summed E-state index contributed by atoms with van der Waals surface area (Å²) < 4.78 is 16.9. The number of hydrogen-bond donors (Lipinski definition) is 1. The first-order valence-electron chi connectivity index (χ1n) is 13.8. The van der Waals surface area contributed by atoms with Crippen LogP contribution >= 0.6 is 0 Å². The van der Waals surface area contributed by atoms with Crippen LogP contribution in [-0.4, -0.2) is 43.6 Å². The highest BCUT2D eigenvalue weighted by atomic mass is 16.6. The molecule has 0 radical (unpaired) electrons. The van der Waals surface area contributed by atoms with Gasteiger partial charge < -0.3 is 14.2 Å². The van der Waals surface area contributed by atoms with E-state index in [9.17, 15) is 4.79 Å². The number of aromatic nitrogens is 1. The first kappa shape index (κ1) is 28.6. The second kappa shape index (κ2) is 19.6. The lowest BCUT2D eigenvalue weighted by molar-refractivity contribution is 0.0430. The van der Waals surface area contributed by atoms with Gasteiger partial charge in [0.25, 0.3) is 0 Å². The van der Waals surface area contributed by atoms with Crippen molar-refractivity contribution in [3.05, 3.63) is 24.5 Å². The summed E-state index contributed by atoms with van der Waals surface area (Å²) >= 11 is 0. The van der Waals surface area contributed by atoms with Crippen molar-refractivity contribution < 1.29 is 19.0 Å². The third kappa shape index (κ3) is 14.6. The number of unbranched alkanes of at least 4 members (excludes halogenated alkanes) is 13. The van der Waals surface area contributed by atoms with Crippen molar-refractivity contribution in [2.45, 2.75) is 109 Å². The number of carbonyl (C=O) groups excluding carboxylic acids is 1. The molecular weight excluding hydrogens is 428 g/mol. The zero-order valence-corrected chi connectivity index (χ0v) is 21.5. The van der Waals surface area contributed by atoms with Crippen LogP contribution in [0.2, 0.25) is 0 Å². The first-order chi connectivity index (χ1) is 16.8. The van der Waals surface area contributed by atoms with Gasteiger partial charge in [-0.1, -0.05) is 90.4 Å². The zero-order valence-electron chi connectivity index (χ0n) is 21.5. The van der Waals surface area contributed by atoms with E-state index in [1.165, 1.54) is 83.5 Å². The Morgan fingerprint density at radius 1 is 0.912 bits per heavy atom. The number of carbonyl (C=O) groups is 1. The molecular formula is C28H48N2O4.